The summed E-state index contributed by atoms with van der Waals surface area (Å²) in [6.07, 6.45) is 4.28. The Balaban J connectivity index is 1.74. The highest BCUT2D eigenvalue weighted by Crippen LogP contribution is 2.29. The molecule has 138 valence electrons. The molecule has 0 spiro atoms. The van der Waals surface area contributed by atoms with Crippen molar-refractivity contribution < 1.29 is 9.53 Å². The molecule has 2 aromatic rings. The summed E-state index contributed by atoms with van der Waals surface area (Å²) in [6.45, 7) is 1.05. The molecule has 1 atom stereocenters. The van der Waals surface area contributed by atoms with E-state index in [1.165, 1.54) is 5.56 Å². The van der Waals surface area contributed by atoms with Gasteiger partial charge in [0.2, 0.25) is 11.9 Å². The van der Waals surface area contributed by atoms with E-state index in [0.717, 1.165) is 17.7 Å². The highest BCUT2D eigenvalue weighted by atomic mass is 16.5. The second kappa shape index (κ2) is 7.70. The molecule has 0 N–H and O–H groups in total. The number of methoxy groups -OCH3 is 1. The van der Waals surface area contributed by atoms with Gasteiger partial charge < -0.3 is 14.5 Å². The standard InChI is InChI=1S/C19H25N5O2/c1-22(2)19-20-11-15(12-21-19)18-23(3)13-17(25)24(18)10-9-14-5-7-16(26-4)8-6-14/h5-8,11-12,18H,9-10,13H2,1-4H3. The van der Waals surface area contributed by atoms with Crippen molar-refractivity contribution in [3.63, 3.8) is 0 Å². The number of hydrogen-bond donors (Lipinski definition) is 0. The summed E-state index contributed by atoms with van der Waals surface area (Å²) in [4.78, 5) is 27.1. The molecule has 7 nitrogen and oxygen atoms in total. The molecule has 1 aromatic heterocycles. The largest absolute Gasteiger partial charge is 0.497 e. The van der Waals surface area contributed by atoms with Crippen LogP contribution in [0.3, 0.4) is 0 Å². The number of aromatic nitrogens is 2. The van der Waals surface area contributed by atoms with Crippen LogP contribution in [-0.2, 0) is 11.2 Å². The maximum Gasteiger partial charge on any atom is 0.238 e. The van der Waals surface area contributed by atoms with Crippen molar-refractivity contribution in [2.24, 2.45) is 0 Å². The van der Waals surface area contributed by atoms with Gasteiger partial charge in [0.15, 0.2) is 0 Å². The van der Waals surface area contributed by atoms with Crippen LogP contribution in [0, 0.1) is 0 Å². The minimum absolute atomic E-state index is 0.127. The van der Waals surface area contributed by atoms with Gasteiger partial charge in [0.25, 0.3) is 0 Å². The topological polar surface area (TPSA) is 61.8 Å². The zero-order valence-corrected chi connectivity index (χ0v) is 15.7. The molecule has 7 heteroatoms. The molecule has 1 unspecified atom stereocenters. The molecule has 3 rings (SSSR count). The molecule has 1 saturated heterocycles. The van der Waals surface area contributed by atoms with Crippen LogP contribution in [0.1, 0.15) is 17.3 Å². The van der Waals surface area contributed by atoms with Crippen molar-refractivity contribution in [2.45, 2.75) is 12.6 Å². The number of rotatable bonds is 6. The first-order valence-corrected chi connectivity index (χ1v) is 8.61. The van der Waals surface area contributed by atoms with Gasteiger partial charge in [0.1, 0.15) is 11.9 Å². The van der Waals surface area contributed by atoms with E-state index in [4.69, 9.17) is 4.74 Å². The summed E-state index contributed by atoms with van der Waals surface area (Å²) in [5.41, 5.74) is 2.10. The van der Waals surface area contributed by atoms with E-state index in [0.29, 0.717) is 19.0 Å². The van der Waals surface area contributed by atoms with Gasteiger partial charge in [-0.3, -0.25) is 9.69 Å². The predicted molar refractivity (Wildman–Crippen MR) is 100 cm³/mol. The highest BCUT2D eigenvalue weighted by molar-refractivity contribution is 5.80. The third kappa shape index (κ3) is 3.77. The smallest absolute Gasteiger partial charge is 0.238 e. The van der Waals surface area contributed by atoms with Crippen LogP contribution in [0.15, 0.2) is 36.7 Å². The Morgan fingerprint density at radius 2 is 1.85 bits per heavy atom. The van der Waals surface area contributed by atoms with E-state index < -0.39 is 0 Å². The Hall–Kier alpha value is -2.67. The lowest BCUT2D eigenvalue weighted by Gasteiger charge is -2.28. The van der Waals surface area contributed by atoms with Gasteiger partial charge in [-0.1, -0.05) is 12.1 Å². The fraction of sp³-hybridized carbons (Fsp3) is 0.421. The summed E-state index contributed by atoms with van der Waals surface area (Å²) in [5, 5.41) is 0. The lowest BCUT2D eigenvalue weighted by molar-refractivity contribution is -0.128. The number of likely N-dealkylation sites (N-methyl/N-ethyl adjacent to an activating group) is 1. The van der Waals surface area contributed by atoms with Crippen LogP contribution in [0.2, 0.25) is 0 Å². The third-order valence-electron chi connectivity index (χ3n) is 4.57. The molecule has 1 aliphatic rings. The molecular weight excluding hydrogens is 330 g/mol. The number of carbonyl (C=O) groups excluding carboxylic acids is 1. The molecule has 1 fully saturated rings. The Morgan fingerprint density at radius 1 is 1.19 bits per heavy atom. The fourth-order valence-corrected chi connectivity index (χ4v) is 3.18. The molecule has 1 amide bonds. The van der Waals surface area contributed by atoms with E-state index in [9.17, 15) is 4.79 Å². The normalized spacial score (nSPS) is 17.6. The van der Waals surface area contributed by atoms with Crippen LogP contribution in [0.25, 0.3) is 0 Å². The number of nitrogens with zero attached hydrogens (tertiary/aromatic N) is 5. The first-order valence-electron chi connectivity index (χ1n) is 8.61. The van der Waals surface area contributed by atoms with Crippen LogP contribution >= 0.6 is 0 Å². The van der Waals surface area contributed by atoms with Gasteiger partial charge in [0, 0.05) is 38.6 Å². The van der Waals surface area contributed by atoms with Crippen molar-refractivity contribution in [3.05, 3.63) is 47.8 Å². The average Bonchev–Trinajstić information content (AvgIpc) is 2.93. The van der Waals surface area contributed by atoms with Gasteiger partial charge >= 0.3 is 0 Å². The molecule has 0 aliphatic carbocycles. The predicted octanol–water partition coefficient (Wildman–Crippen LogP) is 1.57. The number of anilines is 1. The molecule has 0 saturated carbocycles. The van der Waals surface area contributed by atoms with E-state index >= 15 is 0 Å². The quantitative estimate of drug-likeness (QED) is 0.784. The van der Waals surface area contributed by atoms with Crippen LogP contribution in [0.5, 0.6) is 5.75 Å². The zero-order valence-electron chi connectivity index (χ0n) is 15.7. The van der Waals surface area contributed by atoms with Crippen LogP contribution < -0.4 is 9.64 Å². The van der Waals surface area contributed by atoms with E-state index in [2.05, 4.69) is 9.97 Å². The second-order valence-electron chi connectivity index (χ2n) is 6.68. The van der Waals surface area contributed by atoms with E-state index in [-0.39, 0.29) is 12.1 Å². The fourth-order valence-electron chi connectivity index (χ4n) is 3.18. The van der Waals surface area contributed by atoms with Crippen molar-refractivity contribution in [1.82, 2.24) is 19.8 Å². The van der Waals surface area contributed by atoms with Crippen molar-refractivity contribution >= 4 is 11.9 Å². The number of carbonyl (C=O) groups is 1. The lowest BCUT2D eigenvalue weighted by atomic mass is 10.1. The minimum Gasteiger partial charge on any atom is -0.497 e. The molecule has 0 bridgehead atoms. The molecule has 2 heterocycles. The van der Waals surface area contributed by atoms with Crippen LogP contribution in [0.4, 0.5) is 5.95 Å². The molecule has 1 aromatic carbocycles. The maximum absolute atomic E-state index is 12.5. The van der Waals surface area contributed by atoms with Gasteiger partial charge in [-0.25, -0.2) is 9.97 Å². The average molecular weight is 355 g/mol. The third-order valence-corrected chi connectivity index (χ3v) is 4.57. The SMILES string of the molecule is COc1ccc(CCN2C(=O)CN(C)C2c2cnc(N(C)C)nc2)cc1. The Morgan fingerprint density at radius 3 is 2.42 bits per heavy atom. The van der Waals surface area contributed by atoms with Crippen molar-refractivity contribution in [2.75, 3.05) is 46.2 Å². The molecule has 0 radical (unpaired) electrons. The maximum atomic E-state index is 12.5. The molecule has 1 aliphatic heterocycles. The van der Waals surface area contributed by atoms with Crippen LogP contribution in [-0.4, -0.2) is 67.0 Å². The van der Waals surface area contributed by atoms with Gasteiger partial charge in [-0.2, -0.15) is 0 Å². The number of benzene rings is 1. The molecular formula is C19H25N5O2. The summed E-state index contributed by atoms with van der Waals surface area (Å²) >= 11 is 0. The van der Waals surface area contributed by atoms with Gasteiger partial charge in [-0.05, 0) is 31.2 Å². The van der Waals surface area contributed by atoms with E-state index in [1.54, 1.807) is 7.11 Å². The van der Waals surface area contributed by atoms with Gasteiger partial charge in [-0.15, -0.1) is 0 Å². The Labute approximate surface area is 154 Å². The summed E-state index contributed by atoms with van der Waals surface area (Å²) in [5.74, 6) is 1.62. The first-order chi connectivity index (χ1) is 12.5. The minimum atomic E-state index is -0.128. The first kappa shape index (κ1) is 18.1. The zero-order chi connectivity index (χ0) is 18.7. The summed E-state index contributed by atoms with van der Waals surface area (Å²) in [7, 11) is 7.42. The number of amides is 1. The molecule has 26 heavy (non-hydrogen) atoms. The van der Waals surface area contributed by atoms with Gasteiger partial charge in [0.05, 0.1) is 13.7 Å². The highest BCUT2D eigenvalue weighted by Gasteiger charge is 2.36. The Kier molecular flexibility index (Phi) is 5.37. The lowest BCUT2D eigenvalue weighted by Crippen LogP contribution is -2.33. The summed E-state index contributed by atoms with van der Waals surface area (Å²) < 4.78 is 5.19. The van der Waals surface area contributed by atoms with Crippen molar-refractivity contribution in [3.8, 4) is 5.75 Å². The summed E-state index contributed by atoms with van der Waals surface area (Å²) in [6, 6.07) is 7.96. The number of hydrogen-bond acceptors (Lipinski definition) is 6. The monoisotopic (exact) mass is 355 g/mol. The van der Waals surface area contributed by atoms with E-state index in [1.807, 2.05) is 72.5 Å². The van der Waals surface area contributed by atoms with Crippen molar-refractivity contribution in [1.29, 1.82) is 0 Å². The Bertz CT molecular complexity index is 746. The number of ether oxygens (including phenoxy) is 1. The second-order valence-corrected chi connectivity index (χ2v) is 6.68.